The summed E-state index contributed by atoms with van der Waals surface area (Å²) in [6.07, 6.45) is 0. The Hall–Kier alpha value is -1.94. The molecule has 3 nitrogen and oxygen atoms in total. The van der Waals surface area contributed by atoms with E-state index in [1.807, 2.05) is 13.0 Å². The number of benzene rings is 2. The second-order valence-electron chi connectivity index (χ2n) is 4.19. The fourth-order valence-corrected chi connectivity index (χ4v) is 1.94. The summed E-state index contributed by atoms with van der Waals surface area (Å²) >= 11 is 6.13. The van der Waals surface area contributed by atoms with Crippen LogP contribution < -0.4 is 15.8 Å². The summed E-state index contributed by atoms with van der Waals surface area (Å²) < 4.78 is 18.2. The van der Waals surface area contributed by atoms with E-state index in [2.05, 4.69) is 5.32 Å². The van der Waals surface area contributed by atoms with Gasteiger partial charge in [-0.1, -0.05) is 11.6 Å². The molecule has 5 heteroatoms. The molecule has 0 unspecified atom stereocenters. The van der Waals surface area contributed by atoms with Crippen LogP contribution >= 0.6 is 11.6 Å². The molecule has 19 heavy (non-hydrogen) atoms. The predicted molar refractivity (Wildman–Crippen MR) is 76.8 cm³/mol. The quantitative estimate of drug-likeness (QED) is 0.831. The first-order valence-corrected chi connectivity index (χ1v) is 6.05. The molecular weight excluding hydrogens is 267 g/mol. The highest BCUT2D eigenvalue weighted by Crippen LogP contribution is 2.33. The first kappa shape index (κ1) is 13.5. The third-order valence-corrected chi connectivity index (χ3v) is 3.10. The molecule has 0 aliphatic rings. The third kappa shape index (κ3) is 2.90. The second-order valence-corrected chi connectivity index (χ2v) is 4.57. The van der Waals surface area contributed by atoms with Crippen molar-refractivity contribution in [3.63, 3.8) is 0 Å². The highest BCUT2D eigenvalue weighted by atomic mass is 35.5. The Kier molecular flexibility index (Phi) is 3.81. The van der Waals surface area contributed by atoms with Crippen LogP contribution in [0.25, 0.3) is 0 Å². The zero-order valence-corrected chi connectivity index (χ0v) is 11.4. The Bertz CT molecular complexity index is 617. The molecule has 2 aromatic carbocycles. The van der Waals surface area contributed by atoms with Crippen molar-refractivity contribution in [2.75, 3.05) is 18.2 Å². The number of methoxy groups -OCH3 is 1. The highest BCUT2D eigenvalue weighted by molar-refractivity contribution is 6.35. The lowest BCUT2D eigenvalue weighted by molar-refractivity contribution is 0.387. The minimum absolute atomic E-state index is 0.168. The number of halogens is 2. The molecule has 0 spiro atoms. The maximum absolute atomic E-state index is 13.3. The van der Waals surface area contributed by atoms with E-state index in [0.717, 1.165) is 5.56 Å². The van der Waals surface area contributed by atoms with E-state index in [9.17, 15) is 4.39 Å². The summed E-state index contributed by atoms with van der Waals surface area (Å²) in [4.78, 5) is 0. The molecule has 3 N–H and O–H groups in total. The largest absolute Gasteiger partial charge is 0.494 e. The summed E-state index contributed by atoms with van der Waals surface area (Å²) in [7, 11) is 1.42. The van der Waals surface area contributed by atoms with Gasteiger partial charge in [-0.3, -0.25) is 0 Å². The number of anilines is 3. The molecule has 0 radical (unpaired) electrons. The summed E-state index contributed by atoms with van der Waals surface area (Å²) in [5.74, 6) is -0.246. The smallest absolute Gasteiger partial charge is 0.165 e. The number of nitrogens with one attached hydrogen (secondary N) is 1. The molecule has 0 aliphatic carbocycles. The first-order chi connectivity index (χ1) is 9.01. The number of aryl methyl sites for hydroxylation is 1. The van der Waals surface area contributed by atoms with E-state index in [-0.39, 0.29) is 5.75 Å². The lowest BCUT2D eigenvalue weighted by Gasteiger charge is -2.12. The molecule has 0 aliphatic heterocycles. The van der Waals surface area contributed by atoms with Crippen LogP contribution in [0.15, 0.2) is 30.3 Å². The molecule has 2 rings (SSSR count). The van der Waals surface area contributed by atoms with Crippen molar-refractivity contribution in [3.8, 4) is 5.75 Å². The molecule has 2 aromatic rings. The zero-order chi connectivity index (χ0) is 14.0. The van der Waals surface area contributed by atoms with Gasteiger partial charge in [0.15, 0.2) is 11.6 Å². The van der Waals surface area contributed by atoms with Crippen LogP contribution in [0.5, 0.6) is 5.75 Å². The molecule has 0 saturated heterocycles. The Labute approximate surface area is 116 Å². The van der Waals surface area contributed by atoms with Crippen LogP contribution in [0, 0.1) is 12.7 Å². The van der Waals surface area contributed by atoms with E-state index >= 15 is 0 Å². The van der Waals surface area contributed by atoms with Gasteiger partial charge in [0, 0.05) is 11.8 Å². The van der Waals surface area contributed by atoms with Gasteiger partial charge >= 0.3 is 0 Å². The summed E-state index contributed by atoms with van der Waals surface area (Å²) in [6.45, 7) is 1.92. The van der Waals surface area contributed by atoms with Gasteiger partial charge in [0.2, 0.25) is 0 Å². The fraction of sp³-hybridized carbons (Fsp3) is 0.143. The Morgan fingerprint density at radius 3 is 2.68 bits per heavy atom. The Morgan fingerprint density at radius 1 is 1.26 bits per heavy atom. The van der Waals surface area contributed by atoms with Crippen LogP contribution in [-0.4, -0.2) is 7.11 Å². The molecule has 0 fully saturated rings. The summed E-state index contributed by atoms with van der Waals surface area (Å²) in [6, 6.07) is 8.15. The van der Waals surface area contributed by atoms with E-state index in [0.29, 0.717) is 22.1 Å². The van der Waals surface area contributed by atoms with Gasteiger partial charge in [-0.2, -0.15) is 0 Å². The van der Waals surface area contributed by atoms with Crippen LogP contribution in [0.4, 0.5) is 21.5 Å². The van der Waals surface area contributed by atoms with Crippen LogP contribution in [-0.2, 0) is 0 Å². The van der Waals surface area contributed by atoms with Crippen molar-refractivity contribution in [1.29, 1.82) is 0 Å². The minimum atomic E-state index is -0.414. The average Bonchev–Trinajstić information content (AvgIpc) is 2.37. The molecule has 0 aromatic heterocycles. The Morgan fingerprint density at radius 2 is 2.00 bits per heavy atom. The van der Waals surface area contributed by atoms with Gasteiger partial charge in [-0.25, -0.2) is 4.39 Å². The molecule has 0 atom stereocenters. The van der Waals surface area contributed by atoms with E-state index in [4.69, 9.17) is 22.1 Å². The second kappa shape index (κ2) is 5.36. The van der Waals surface area contributed by atoms with Crippen LogP contribution in [0.1, 0.15) is 5.56 Å². The zero-order valence-electron chi connectivity index (χ0n) is 10.6. The first-order valence-electron chi connectivity index (χ1n) is 5.67. The lowest BCUT2D eigenvalue weighted by Crippen LogP contribution is -1.97. The summed E-state index contributed by atoms with van der Waals surface area (Å²) in [5, 5.41) is 3.54. The van der Waals surface area contributed by atoms with Crippen LogP contribution in [0.2, 0.25) is 5.02 Å². The van der Waals surface area contributed by atoms with Gasteiger partial charge in [0.25, 0.3) is 0 Å². The minimum Gasteiger partial charge on any atom is -0.494 e. The SMILES string of the molecule is COc1cc(Nc2cc(C)cc(N)c2Cl)ccc1F. The number of hydrogen-bond acceptors (Lipinski definition) is 3. The normalized spacial score (nSPS) is 10.3. The predicted octanol–water partition coefficient (Wildman–Crippen LogP) is 4.12. The lowest BCUT2D eigenvalue weighted by atomic mass is 10.2. The topological polar surface area (TPSA) is 47.3 Å². The molecular formula is C14H14ClFN2O. The maximum Gasteiger partial charge on any atom is 0.165 e. The van der Waals surface area contributed by atoms with Gasteiger partial charge in [-0.15, -0.1) is 0 Å². The van der Waals surface area contributed by atoms with Crippen molar-refractivity contribution in [2.24, 2.45) is 0 Å². The van der Waals surface area contributed by atoms with Crippen molar-refractivity contribution >= 4 is 28.7 Å². The van der Waals surface area contributed by atoms with Gasteiger partial charge in [-0.05, 0) is 36.8 Å². The fourth-order valence-electron chi connectivity index (χ4n) is 1.78. The highest BCUT2D eigenvalue weighted by Gasteiger charge is 2.08. The average molecular weight is 281 g/mol. The van der Waals surface area contributed by atoms with Gasteiger partial charge in [0.05, 0.1) is 23.5 Å². The molecule has 0 bridgehead atoms. The molecule has 100 valence electrons. The number of nitrogens with two attached hydrogens (primary N) is 1. The number of ether oxygens (including phenoxy) is 1. The van der Waals surface area contributed by atoms with Crippen molar-refractivity contribution in [3.05, 3.63) is 46.7 Å². The number of nitrogen functional groups attached to an aromatic ring is 1. The Balaban J connectivity index is 2.36. The van der Waals surface area contributed by atoms with Gasteiger partial charge < -0.3 is 15.8 Å². The molecule has 0 saturated carbocycles. The molecule has 0 amide bonds. The molecule has 0 heterocycles. The van der Waals surface area contributed by atoms with E-state index in [1.165, 1.54) is 13.2 Å². The van der Waals surface area contributed by atoms with Crippen molar-refractivity contribution in [1.82, 2.24) is 0 Å². The number of hydrogen-bond donors (Lipinski definition) is 2. The maximum atomic E-state index is 13.3. The standard InChI is InChI=1S/C14H14ClFN2O/c1-8-5-11(17)14(15)12(6-8)18-9-3-4-10(16)13(7-9)19-2/h3-7,18H,17H2,1-2H3. The van der Waals surface area contributed by atoms with Crippen molar-refractivity contribution in [2.45, 2.75) is 6.92 Å². The van der Waals surface area contributed by atoms with E-state index < -0.39 is 5.82 Å². The summed E-state index contributed by atoms with van der Waals surface area (Å²) in [5.41, 5.74) is 8.63. The third-order valence-electron chi connectivity index (χ3n) is 2.68. The van der Waals surface area contributed by atoms with E-state index in [1.54, 1.807) is 18.2 Å². The van der Waals surface area contributed by atoms with Gasteiger partial charge in [0.1, 0.15) is 0 Å². The monoisotopic (exact) mass is 280 g/mol. The number of rotatable bonds is 3. The van der Waals surface area contributed by atoms with Crippen LogP contribution in [0.3, 0.4) is 0 Å². The van der Waals surface area contributed by atoms with Crippen molar-refractivity contribution < 1.29 is 9.13 Å².